The number of carbonyl (C=O) groups is 1. The van der Waals surface area contributed by atoms with Gasteiger partial charge in [-0.25, -0.2) is 13.8 Å². The number of nitrogens with zero attached hydrogens (tertiary/aromatic N) is 1. The fourth-order valence-corrected chi connectivity index (χ4v) is 3.86. The van der Waals surface area contributed by atoms with Crippen LogP contribution in [-0.2, 0) is 0 Å². The molecule has 0 saturated heterocycles. The normalized spacial score (nSPS) is 11.2. The summed E-state index contributed by atoms with van der Waals surface area (Å²) in [6, 6.07) is 6.27. The predicted molar refractivity (Wildman–Crippen MR) is 93.7 cm³/mol. The molecule has 0 spiro atoms. The smallest absolute Gasteiger partial charge is 0.174 e. The molecule has 0 atom stereocenters. The highest BCUT2D eigenvalue weighted by molar-refractivity contribution is 7.17. The van der Waals surface area contributed by atoms with Crippen molar-refractivity contribution in [2.75, 3.05) is 0 Å². The van der Waals surface area contributed by atoms with Crippen LogP contribution in [0.5, 0.6) is 0 Å². The lowest BCUT2D eigenvalue weighted by Crippen LogP contribution is -1.96. The van der Waals surface area contributed by atoms with Crippen LogP contribution in [0, 0.1) is 25.5 Å². The number of hydrogen-bond acceptors (Lipinski definition) is 3. The Bertz CT molecular complexity index is 946. The number of rotatable bonds is 4. The molecule has 0 aliphatic rings. The Kier molecular flexibility index (Phi) is 4.45. The van der Waals surface area contributed by atoms with E-state index in [0.717, 1.165) is 28.8 Å². The minimum atomic E-state index is -0.851. The number of aromatic nitrogens is 1. The van der Waals surface area contributed by atoms with Crippen molar-refractivity contribution in [3.63, 3.8) is 0 Å². The number of fused-ring (bicyclic) bond motifs is 1. The second kappa shape index (κ2) is 6.40. The first-order valence-electron chi connectivity index (χ1n) is 7.81. The Morgan fingerprint density at radius 1 is 1.21 bits per heavy atom. The number of carbonyl (C=O) groups excluding carboxylic acids is 1. The summed E-state index contributed by atoms with van der Waals surface area (Å²) in [7, 11) is 0. The molecule has 2 aromatic carbocycles. The van der Waals surface area contributed by atoms with Gasteiger partial charge >= 0.3 is 0 Å². The molecule has 0 amide bonds. The van der Waals surface area contributed by atoms with Gasteiger partial charge in [-0.2, -0.15) is 0 Å². The van der Waals surface area contributed by atoms with E-state index in [9.17, 15) is 13.6 Å². The van der Waals surface area contributed by atoms with Crippen LogP contribution in [0.4, 0.5) is 8.78 Å². The number of Topliss-reactive ketones (excluding diaryl/α,β-unsaturated/α-hetero) is 1. The fraction of sp³-hybridized carbons (Fsp3) is 0.263. The van der Waals surface area contributed by atoms with Gasteiger partial charge in [0.15, 0.2) is 17.4 Å². The highest BCUT2D eigenvalue weighted by Gasteiger charge is 2.17. The van der Waals surface area contributed by atoms with Gasteiger partial charge in [-0.05, 0) is 49.4 Å². The first-order chi connectivity index (χ1) is 11.4. The number of benzene rings is 2. The van der Waals surface area contributed by atoms with Gasteiger partial charge < -0.3 is 0 Å². The summed E-state index contributed by atoms with van der Waals surface area (Å²) in [5.74, 6) is -1.58. The Hall–Kier alpha value is -2.14. The summed E-state index contributed by atoms with van der Waals surface area (Å²) in [5.41, 5.74) is 2.18. The van der Waals surface area contributed by atoms with Crippen LogP contribution in [0.3, 0.4) is 0 Å². The summed E-state index contributed by atoms with van der Waals surface area (Å²) < 4.78 is 27.5. The molecular weight excluding hydrogens is 328 g/mol. The molecule has 1 heterocycles. The summed E-state index contributed by atoms with van der Waals surface area (Å²) in [6.45, 7) is 5.54. The van der Waals surface area contributed by atoms with Crippen molar-refractivity contribution < 1.29 is 13.6 Å². The van der Waals surface area contributed by atoms with Crippen LogP contribution in [0.15, 0.2) is 24.3 Å². The highest BCUT2D eigenvalue weighted by Crippen LogP contribution is 2.33. The first kappa shape index (κ1) is 16.7. The van der Waals surface area contributed by atoms with Gasteiger partial charge in [0.2, 0.25) is 0 Å². The molecule has 0 aliphatic heterocycles. The zero-order chi connectivity index (χ0) is 17.4. The Labute approximate surface area is 143 Å². The lowest BCUT2D eigenvalue weighted by atomic mass is 10.0. The number of ketones is 1. The zero-order valence-corrected chi connectivity index (χ0v) is 14.6. The number of halogens is 2. The minimum absolute atomic E-state index is 0.101. The monoisotopic (exact) mass is 345 g/mol. The molecule has 2 nitrogen and oxygen atoms in total. The van der Waals surface area contributed by atoms with E-state index in [1.54, 1.807) is 25.1 Å². The highest BCUT2D eigenvalue weighted by atomic mass is 32.1. The minimum Gasteiger partial charge on any atom is -0.293 e. The standard InChI is InChI=1S/C19H17F2NOS/c1-4-5-15(23)18-11(3)22-19(24-18)13-8-10(2)16-12(9-13)6-7-14(20)17(16)21/h6-9H,4-5H2,1-3H3. The SMILES string of the molecule is CCCC(=O)c1sc(-c2cc(C)c3c(F)c(F)ccc3c2)nc1C. The molecule has 0 aliphatic carbocycles. The van der Waals surface area contributed by atoms with Crippen molar-refractivity contribution in [1.29, 1.82) is 0 Å². The Morgan fingerprint density at radius 3 is 2.67 bits per heavy atom. The molecule has 0 saturated carbocycles. The molecule has 0 radical (unpaired) electrons. The number of aryl methyl sites for hydroxylation is 2. The zero-order valence-electron chi connectivity index (χ0n) is 13.7. The van der Waals surface area contributed by atoms with Crippen LogP contribution in [0.25, 0.3) is 21.3 Å². The van der Waals surface area contributed by atoms with Crippen LogP contribution in [0.1, 0.15) is 40.7 Å². The van der Waals surface area contributed by atoms with Gasteiger partial charge in [-0.15, -0.1) is 11.3 Å². The van der Waals surface area contributed by atoms with Crippen LogP contribution in [0.2, 0.25) is 0 Å². The van der Waals surface area contributed by atoms with Crippen LogP contribution < -0.4 is 0 Å². The average Bonchev–Trinajstić information content (AvgIpc) is 2.93. The molecule has 0 bridgehead atoms. The fourth-order valence-electron chi connectivity index (χ4n) is 2.84. The topological polar surface area (TPSA) is 30.0 Å². The van der Waals surface area contributed by atoms with Gasteiger partial charge in [-0.3, -0.25) is 4.79 Å². The molecule has 124 valence electrons. The van der Waals surface area contributed by atoms with E-state index in [-0.39, 0.29) is 11.2 Å². The lowest BCUT2D eigenvalue weighted by Gasteiger charge is -2.07. The van der Waals surface area contributed by atoms with E-state index in [2.05, 4.69) is 4.98 Å². The summed E-state index contributed by atoms with van der Waals surface area (Å²) in [4.78, 5) is 17.3. The molecular formula is C19H17F2NOS. The number of thiazole rings is 1. The van der Waals surface area contributed by atoms with Gasteiger partial charge in [0, 0.05) is 17.4 Å². The summed E-state index contributed by atoms with van der Waals surface area (Å²) in [5, 5.41) is 1.63. The van der Waals surface area contributed by atoms with Crippen molar-refractivity contribution in [3.8, 4) is 10.6 Å². The Balaban J connectivity index is 2.12. The van der Waals surface area contributed by atoms with E-state index in [4.69, 9.17) is 0 Å². The van der Waals surface area contributed by atoms with Gasteiger partial charge in [0.25, 0.3) is 0 Å². The lowest BCUT2D eigenvalue weighted by molar-refractivity contribution is 0.0985. The van der Waals surface area contributed by atoms with Crippen molar-refractivity contribution in [2.45, 2.75) is 33.6 Å². The Morgan fingerprint density at radius 2 is 1.96 bits per heavy atom. The predicted octanol–water partition coefficient (Wildman–Crippen LogP) is 5.84. The molecule has 1 aromatic heterocycles. The summed E-state index contributed by atoms with van der Waals surface area (Å²) in [6.07, 6.45) is 1.30. The third-order valence-corrected chi connectivity index (χ3v) is 5.23. The van der Waals surface area contributed by atoms with E-state index in [0.29, 0.717) is 22.2 Å². The first-order valence-corrected chi connectivity index (χ1v) is 8.63. The maximum Gasteiger partial charge on any atom is 0.174 e. The van der Waals surface area contributed by atoms with E-state index >= 15 is 0 Å². The third kappa shape index (κ3) is 2.84. The molecule has 0 fully saturated rings. The molecule has 5 heteroatoms. The second-order valence-corrected chi connectivity index (χ2v) is 6.86. The van der Waals surface area contributed by atoms with Gasteiger partial charge in [0.05, 0.1) is 10.6 Å². The summed E-state index contributed by atoms with van der Waals surface area (Å²) >= 11 is 1.36. The van der Waals surface area contributed by atoms with Gasteiger partial charge in [-0.1, -0.05) is 13.0 Å². The number of hydrogen-bond donors (Lipinski definition) is 0. The largest absolute Gasteiger partial charge is 0.293 e. The quantitative estimate of drug-likeness (QED) is 0.556. The van der Waals surface area contributed by atoms with Crippen molar-refractivity contribution in [3.05, 3.63) is 52.0 Å². The maximum atomic E-state index is 14.0. The van der Waals surface area contributed by atoms with E-state index < -0.39 is 11.6 Å². The molecule has 3 rings (SSSR count). The van der Waals surface area contributed by atoms with Crippen molar-refractivity contribution >= 4 is 27.9 Å². The van der Waals surface area contributed by atoms with Crippen LogP contribution >= 0.6 is 11.3 Å². The second-order valence-electron chi connectivity index (χ2n) is 5.86. The molecule has 24 heavy (non-hydrogen) atoms. The maximum absolute atomic E-state index is 14.0. The third-order valence-electron chi connectivity index (χ3n) is 3.98. The van der Waals surface area contributed by atoms with Crippen molar-refractivity contribution in [2.24, 2.45) is 0 Å². The van der Waals surface area contributed by atoms with Crippen LogP contribution in [-0.4, -0.2) is 10.8 Å². The van der Waals surface area contributed by atoms with Crippen molar-refractivity contribution in [1.82, 2.24) is 4.98 Å². The molecule has 0 N–H and O–H groups in total. The molecule has 3 aromatic rings. The molecule has 0 unspecified atom stereocenters. The van der Waals surface area contributed by atoms with E-state index in [1.165, 1.54) is 11.3 Å². The van der Waals surface area contributed by atoms with E-state index in [1.807, 2.05) is 13.8 Å². The van der Waals surface area contributed by atoms with Gasteiger partial charge in [0.1, 0.15) is 5.01 Å². The average molecular weight is 345 g/mol.